The third kappa shape index (κ3) is 4.56. The number of nitrogens with zero attached hydrogens (tertiary/aromatic N) is 1. The van der Waals surface area contributed by atoms with E-state index in [0.717, 1.165) is 12.1 Å². The number of benzene rings is 2. The molecule has 0 aliphatic rings. The van der Waals surface area contributed by atoms with Gasteiger partial charge in [0.25, 0.3) is 5.91 Å². The van der Waals surface area contributed by atoms with Gasteiger partial charge in [0.05, 0.1) is 4.92 Å². The van der Waals surface area contributed by atoms with E-state index < -0.39 is 27.7 Å². The van der Waals surface area contributed by atoms with E-state index in [1.54, 1.807) is 45.0 Å². The SMILES string of the molecule is CC(C)(C)C(=O)Nc1ccc(NC(=O)c2ccc([N+](=O)[O-])c(O)c2)cc1. The van der Waals surface area contributed by atoms with Gasteiger partial charge in [-0.1, -0.05) is 20.8 Å². The summed E-state index contributed by atoms with van der Waals surface area (Å²) < 4.78 is 0. The van der Waals surface area contributed by atoms with Crippen molar-refractivity contribution < 1.29 is 19.6 Å². The molecule has 0 bridgehead atoms. The molecular formula is C18H19N3O5. The summed E-state index contributed by atoms with van der Waals surface area (Å²) >= 11 is 0. The molecule has 0 aliphatic heterocycles. The summed E-state index contributed by atoms with van der Waals surface area (Å²) in [4.78, 5) is 34.1. The fourth-order valence-electron chi connectivity index (χ4n) is 1.98. The highest BCUT2D eigenvalue weighted by molar-refractivity contribution is 6.05. The van der Waals surface area contributed by atoms with E-state index in [9.17, 15) is 24.8 Å². The molecule has 0 unspecified atom stereocenters. The van der Waals surface area contributed by atoms with Gasteiger partial charge in [0.1, 0.15) is 0 Å². The lowest BCUT2D eigenvalue weighted by molar-refractivity contribution is -0.385. The van der Waals surface area contributed by atoms with Crippen LogP contribution < -0.4 is 10.6 Å². The maximum Gasteiger partial charge on any atom is 0.310 e. The third-order valence-corrected chi connectivity index (χ3v) is 3.52. The molecule has 0 saturated heterocycles. The number of nitrogens with one attached hydrogen (secondary N) is 2. The fraction of sp³-hybridized carbons (Fsp3) is 0.222. The van der Waals surface area contributed by atoms with Crippen LogP contribution in [-0.2, 0) is 4.79 Å². The molecule has 8 nitrogen and oxygen atoms in total. The Kier molecular flexibility index (Phi) is 5.25. The standard InChI is InChI=1S/C18H19N3O5/c1-18(2,3)17(24)20-13-7-5-12(6-8-13)19-16(23)11-4-9-14(21(25)26)15(22)10-11/h4-10,22H,1-3H3,(H,19,23)(H,20,24). The Morgan fingerprint density at radius 1 is 1.00 bits per heavy atom. The van der Waals surface area contributed by atoms with Crippen molar-refractivity contribution in [3.8, 4) is 5.75 Å². The van der Waals surface area contributed by atoms with E-state index in [0.29, 0.717) is 11.4 Å². The molecule has 2 aromatic carbocycles. The van der Waals surface area contributed by atoms with Crippen LogP contribution in [0.3, 0.4) is 0 Å². The summed E-state index contributed by atoms with van der Waals surface area (Å²) in [6.45, 7) is 5.41. The molecule has 8 heteroatoms. The smallest absolute Gasteiger partial charge is 0.310 e. The predicted molar refractivity (Wildman–Crippen MR) is 97.2 cm³/mol. The molecule has 0 atom stereocenters. The van der Waals surface area contributed by atoms with Gasteiger partial charge in [0, 0.05) is 28.4 Å². The molecule has 2 amide bonds. The largest absolute Gasteiger partial charge is 0.502 e. The monoisotopic (exact) mass is 357 g/mol. The van der Waals surface area contributed by atoms with E-state index in [2.05, 4.69) is 10.6 Å². The number of rotatable bonds is 4. The van der Waals surface area contributed by atoms with Crippen molar-refractivity contribution in [1.29, 1.82) is 0 Å². The van der Waals surface area contributed by atoms with Gasteiger partial charge in [-0.15, -0.1) is 0 Å². The van der Waals surface area contributed by atoms with Crippen LogP contribution >= 0.6 is 0 Å². The van der Waals surface area contributed by atoms with Crippen molar-refractivity contribution in [2.75, 3.05) is 10.6 Å². The molecule has 136 valence electrons. The molecule has 0 heterocycles. The number of carbonyl (C=O) groups excluding carboxylic acids is 2. The second-order valence-corrected chi connectivity index (χ2v) is 6.70. The summed E-state index contributed by atoms with van der Waals surface area (Å²) in [5, 5.41) is 25.7. The van der Waals surface area contributed by atoms with Crippen molar-refractivity contribution in [1.82, 2.24) is 0 Å². The van der Waals surface area contributed by atoms with Crippen molar-refractivity contribution in [2.45, 2.75) is 20.8 Å². The lowest BCUT2D eigenvalue weighted by atomic mass is 9.95. The number of nitro groups is 1. The molecule has 2 rings (SSSR count). The molecule has 0 radical (unpaired) electrons. The van der Waals surface area contributed by atoms with Crippen LogP contribution in [0.5, 0.6) is 5.75 Å². The number of hydrogen-bond acceptors (Lipinski definition) is 5. The number of phenols is 1. The number of nitro benzene ring substituents is 1. The van der Waals surface area contributed by atoms with Crippen molar-refractivity contribution in [3.05, 3.63) is 58.1 Å². The molecule has 3 N–H and O–H groups in total. The van der Waals surface area contributed by atoms with E-state index in [4.69, 9.17) is 0 Å². The van der Waals surface area contributed by atoms with Gasteiger partial charge in [-0.05, 0) is 36.4 Å². The molecule has 0 aromatic heterocycles. The number of phenolic OH excluding ortho intramolecular Hbond substituents is 1. The number of anilines is 2. The zero-order valence-corrected chi connectivity index (χ0v) is 14.6. The lowest BCUT2D eigenvalue weighted by Gasteiger charge is -2.17. The van der Waals surface area contributed by atoms with Crippen LogP contribution in [-0.4, -0.2) is 21.8 Å². The van der Waals surface area contributed by atoms with Crippen LogP contribution in [0.1, 0.15) is 31.1 Å². The number of amides is 2. The Bertz CT molecular complexity index is 854. The first-order valence-corrected chi connectivity index (χ1v) is 7.78. The van der Waals surface area contributed by atoms with Gasteiger partial charge < -0.3 is 15.7 Å². The van der Waals surface area contributed by atoms with Crippen LogP contribution in [0.15, 0.2) is 42.5 Å². The molecule has 0 saturated carbocycles. The molecule has 0 fully saturated rings. The summed E-state index contributed by atoms with van der Waals surface area (Å²) in [5.74, 6) is -1.24. The maximum absolute atomic E-state index is 12.2. The van der Waals surface area contributed by atoms with Crippen LogP contribution in [0, 0.1) is 15.5 Å². The highest BCUT2D eigenvalue weighted by Crippen LogP contribution is 2.26. The minimum atomic E-state index is -0.735. The van der Waals surface area contributed by atoms with Gasteiger partial charge in [-0.2, -0.15) is 0 Å². The highest BCUT2D eigenvalue weighted by atomic mass is 16.6. The number of carbonyl (C=O) groups is 2. The first kappa shape index (κ1) is 18.9. The van der Waals surface area contributed by atoms with Gasteiger partial charge in [0.2, 0.25) is 5.91 Å². The van der Waals surface area contributed by atoms with Gasteiger partial charge in [0.15, 0.2) is 5.75 Å². The van der Waals surface area contributed by atoms with Crippen LogP contribution in [0.2, 0.25) is 0 Å². The molecular weight excluding hydrogens is 338 g/mol. The van der Waals surface area contributed by atoms with Crippen molar-refractivity contribution in [3.63, 3.8) is 0 Å². The minimum Gasteiger partial charge on any atom is -0.502 e. The Balaban J connectivity index is 2.07. The summed E-state index contributed by atoms with van der Waals surface area (Å²) in [5.41, 5.74) is 0.154. The van der Waals surface area contributed by atoms with Crippen LogP contribution in [0.4, 0.5) is 17.1 Å². The average Bonchev–Trinajstić information content (AvgIpc) is 2.55. The van der Waals surface area contributed by atoms with E-state index in [1.807, 2.05) is 0 Å². The Labute approximate surface area is 150 Å². The Hall–Kier alpha value is -3.42. The zero-order chi connectivity index (χ0) is 19.5. The van der Waals surface area contributed by atoms with Gasteiger partial charge >= 0.3 is 5.69 Å². The Morgan fingerprint density at radius 3 is 2.00 bits per heavy atom. The number of aromatic hydroxyl groups is 1. The molecule has 2 aromatic rings. The average molecular weight is 357 g/mol. The molecule has 26 heavy (non-hydrogen) atoms. The second kappa shape index (κ2) is 7.22. The quantitative estimate of drug-likeness (QED) is 0.571. The molecule has 0 aliphatic carbocycles. The fourth-order valence-corrected chi connectivity index (χ4v) is 1.98. The summed E-state index contributed by atoms with van der Waals surface area (Å²) in [6.07, 6.45) is 0. The van der Waals surface area contributed by atoms with Crippen molar-refractivity contribution >= 4 is 28.9 Å². The number of hydrogen-bond donors (Lipinski definition) is 3. The highest BCUT2D eigenvalue weighted by Gasteiger charge is 2.21. The van der Waals surface area contributed by atoms with Gasteiger partial charge in [-0.3, -0.25) is 19.7 Å². The predicted octanol–water partition coefficient (Wildman–Crippen LogP) is 3.54. The Morgan fingerprint density at radius 2 is 1.54 bits per heavy atom. The molecule has 0 spiro atoms. The third-order valence-electron chi connectivity index (χ3n) is 3.52. The summed E-state index contributed by atoms with van der Waals surface area (Å²) in [7, 11) is 0. The van der Waals surface area contributed by atoms with Gasteiger partial charge in [-0.25, -0.2) is 0 Å². The first-order valence-electron chi connectivity index (χ1n) is 7.78. The van der Waals surface area contributed by atoms with E-state index >= 15 is 0 Å². The summed E-state index contributed by atoms with van der Waals surface area (Å²) in [6, 6.07) is 9.87. The van der Waals surface area contributed by atoms with Crippen molar-refractivity contribution in [2.24, 2.45) is 5.41 Å². The zero-order valence-electron chi connectivity index (χ0n) is 14.6. The van der Waals surface area contributed by atoms with Crippen LogP contribution in [0.25, 0.3) is 0 Å². The maximum atomic E-state index is 12.2. The minimum absolute atomic E-state index is 0.0817. The topological polar surface area (TPSA) is 122 Å². The van der Waals surface area contributed by atoms with E-state index in [1.165, 1.54) is 6.07 Å². The lowest BCUT2D eigenvalue weighted by Crippen LogP contribution is -2.27. The normalized spacial score (nSPS) is 10.9. The van der Waals surface area contributed by atoms with E-state index in [-0.39, 0.29) is 11.5 Å². The second-order valence-electron chi connectivity index (χ2n) is 6.70. The first-order chi connectivity index (χ1) is 12.1.